The van der Waals surface area contributed by atoms with Crippen LogP contribution in [0.1, 0.15) is 26.0 Å². The molecule has 8 heteroatoms. The molecule has 2 aromatic rings. The van der Waals surface area contributed by atoms with Crippen LogP contribution in [-0.2, 0) is 4.92 Å². The molecular weight excluding hydrogens is 684 g/mol. The average Bonchev–Trinajstić information content (AvgIpc) is 2.43. The molecule has 0 aliphatic carbocycles. The molecule has 0 aliphatic rings. The molecule has 0 amide bonds. The fraction of sp³-hybridized carbons (Fsp3) is 0.250. The fourth-order valence-corrected chi connectivity index (χ4v) is 1.23. The number of nitrogens with two attached hydrogens (primary N) is 1. The molecule has 0 heterocycles. The zero-order valence-electron chi connectivity index (χ0n) is 12.0. The van der Waals surface area contributed by atoms with E-state index in [2.05, 4.69) is 59.9 Å². The number of nitro groups is 1. The van der Waals surface area contributed by atoms with E-state index in [1.807, 2.05) is 38.1 Å². The second-order valence-electron chi connectivity index (χ2n) is 4.20. The molecule has 2 N–H and O–H groups in total. The standard InChI is InChI=1S/C7H7NO2.C7H9N.2CH4.3HI.V/c1-6-2-4-7(5-3-6)8(9)10;1-6-2-4-7(8)5-3-6;;;;;;/h2-5H,1H3;2-5H,8H2,1H3;2*1H4;3*1H;/q;;;;;;;+3/p-3. The van der Waals surface area contributed by atoms with Gasteiger partial charge in [0.05, 0.1) is 4.92 Å². The van der Waals surface area contributed by atoms with Crippen LogP contribution in [0.25, 0.3) is 0 Å². The molecular formula is C16H24I3N2O2V. The van der Waals surface area contributed by atoms with Gasteiger partial charge in [-0.2, -0.15) is 0 Å². The Morgan fingerprint density at radius 1 is 0.875 bits per heavy atom. The Labute approximate surface area is 183 Å². The van der Waals surface area contributed by atoms with E-state index in [0.29, 0.717) is 0 Å². The number of aryl methyl sites for hydroxylation is 2. The van der Waals surface area contributed by atoms with Crippen molar-refractivity contribution in [1.29, 1.82) is 0 Å². The maximum absolute atomic E-state index is 10.1. The van der Waals surface area contributed by atoms with E-state index in [9.17, 15) is 10.1 Å². The molecule has 0 spiro atoms. The van der Waals surface area contributed by atoms with E-state index in [1.54, 1.807) is 12.1 Å². The quantitative estimate of drug-likeness (QED) is 0.145. The van der Waals surface area contributed by atoms with E-state index in [0.717, 1.165) is 11.3 Å². The Morgan fingerprint density at radius 3 is 1.42 bits per heavy atom. The van der Waals surface area contributed by atoms with Crippen LogP contribution in [0.15, 0.2) is 48.5 Å². The average molecular weight is 708 g/mol. The number of nitrogen functional groups attached to an aromatic ring is 1. The van der Waals surface area contributed by atoms with Gasteiger partial charge < -0.3 is 5.73 Å². The van der Waals surface area contributed by atoms with Crippen LogP contribution in [0.2, 0.25) is 0 Å². The molecule has 0 bridgehead atoms. The Kier molecular flexibility index (Phi) is 20.5. The Balaban J connectivity index is -0.000000286. The fourth-order valence-electron chi connectivity index (χ4n) is 1.23. The normalized spacial score (nSPS) is 8.42. The molecule has 2 rings (SSSR count). The van der Waals surface area contributed by atoms with Crippen LogP contribution >= 0.6 is 59.9 Å². The van der Waals surface area contributed by atoms with Gasteiger partial charge in [0.2, 0.25) is 0 Å². The van der Waals surface area contributed by atoms with Crippen molar-refractivity contribution in [2.24, 2.45) is 0 Å². The first kappa shape index (κ1) is 29.2. The summed E-state index contributed by atoms with van der Waals surface area (Å²) in [6, 6.07) is 14.2. The summed E-state index contributed by atoms with van der Waals surface area (Å²) in [5.74, 6) is 0. The number of anilines is 1. The molecule has 0 saturated heterocycles. The molecule has 0 atom stereocenters. The van der Waals surface area contributed by atoms with Crippen molar-refractivity contribution in [1.82, 2.24) is 0 Å². The molecule has 0 aromatic heterocycles. The van der Waals surface area contributed by atoms with Gasteiger partial charge in [0.15, 0.2) is 0 Å². The molecule has 0 radical (unpaired) electrons. The summed E-state index contributed by atoms with van der Waals surface area (Å²) in [6.45, 7) is 3.93. The number of halogens is 3. The Morgan fingerprint density at radius 2 is 1.17 bits per heavy atom. The van der Waals surface area contributed by atoms with Gasteiger partial charge in [-0.05, 0) is 26.0 Å². The minimum absolute atomic E-state index is 0. The summed E-state index contributed by atoms with van der Waals surface area (Å²) < 4.78 is 0. The second-order valence-corrected chi connectivity index (χ2v) is 39.6. The summed E-state index contributed by atoms with van der Waals surface area (Å²) in [7, 11) is 0. The van der Waals surface area contributed by atoms with Crippen molar-refractivity contribution in [3.8, 4) is 0 Å². The molecule has 0 fully saturated rings. The van der Waals surface area contributed by atoms with Gasteiger partial charge in [-0.25, -0.2) is 0 Å². The van der Waals surface area contributed by atoms with Crippen LogP contribution in [0.3, 0.4) is 0 Å². The van der Waals surface area contributed by atoms with Crippen molar-refractivity contribution < 1.29 is 9.84 Å². The van der Waals surface area contributed by atoms with E-state index < -0.39 is 4.92 Å². The summed E-state index contributed by atoms with van der Waals surface area (Å²) in [5, 5.41) is 10.1. The molecule has 0 saturated carbocycles. The third kappa shape index (κ3) is 17.2. The van der Waals surface area contributed by atoms with E-state index in [4.69, 9.17) is 5.73 Å². The van der Waals surface area contributed by atoms with Gasteiger partial charge in [-0.15, -0.1) is 0 Å². The maximum atomic E-state index is 10.1. The predicted octanol–water partition coefficient (Wildman–Crippen LogP) is 7.41. The van der Waals surface area contributed by atoms with E-state index in [-0.39, 0.29) is 25.5 Å². The number of benzene rings is 2. The third-order valence-electron chi connectivity index (χ3n) is 2.32. The molecule has 0 aliphatic heterocycles. The molecule has 0 unspecified atom stereocenters. The zero-order chi connectivity index (χ0) is 17.1. The zero-order valence-corrected chi connectivity index (χ0v) is 19.9. The first-order valence-corrected chi connectivity index (χ1v) is 19.5. The third-order valence-corrected chi connectivity index (χ3v) is 2.32. The van der Waals surface area contributed by atoms with Crippen LogP contribution in [-0.4, -0.2) is 4.92 Å². The number of hydrogen-bond donors (Lipinski definition) is 1. The van der Waals surface area contributed by atoms with E-state index in [1.165, 1.54) is 17.7 Å². The first-order valence-electron chi connectivity index (χ1n) is 6.03. The topological polar surface area (TPSA) is 69.2 Å². The number of non-ortho nitro benzene ring substituents is 1. The van der Waals surface area contributed by atoms with Crippen molar-refractivity contribution in [3.63, 3.8) is 0 Å². The van der Waals surface area contributed by atoms with Crippen molar-refractivity contribution in [3.05, 3.63) is 69.8 Å². The summed E-state index contributed by atoms with van der Waals surface area (Å²) in [4.78, 5) is 9.44. The monoisotopic (exact) mass is 708 g/mol. The summed E-state index contributed by atoms with van der Waals surface area (Å²) in [5.41, 5.74) is 8.68. The number of nitrogens with zero attached hydrogens (tertiary/aromatic N) is 1. The molecule has 2 aromatic carbocycles. The minimum atomic E-state index is -0.403. The predicted molar refractivity (Wildman–Crippen MR) is 129 cm³/mol. The van der Waals surface area contributed by atoms with Gasteiger partial charge in [0, 0.05) is 17.8 Å². The number of hydrogen-bond acceptors (Lipinski definition) is 3. The summed E-state index contributed by atoms with van der Waals surface area (Å²) >= 11 is 7.39. The van der Waals surface area contributed by atoms with Crippen LogP contribution < -0.4 is 5.73 Å². The Bertz CT molecular complexity index is 541. The molecule has 136 valence electrons. The summed E-state index contributed by atoms with van der Waals surface area (Å²) in [6.07, 6.45) is 0. The number of nitro benzene ring substituents is 1. The second kappa shape index (κ2) is 16.9. The first-order chi connectivity index (χ1) is 10.2. The van der Waals surface area contributed by atoms with Crippen LogP contribution in [0.4, 0.5) is 11.4 Å². The van der Waals surface area contributed by atoms with Gasteiger partial charge in [-0.1, -0.05) is 50.2 Å². The van der Waals surface area contributed by atoms with Crippen LogP contribution in [0, 0.1) is 24.0 Å². The van der Waals surface area contributed by atoms with Crippen LogP contribution in [0.5, 0.6) is 0 Å². The van der Waals surface area contributed by atoms with Gasteiger partial charge in [-0.3, -0.25) is 10.1 Å². The Hall–Kier alpha value is 0.414. The van der Waals surface area contributed by atoms with Crippen molar-refractivity contribution in [2.75, 3.05) is 5.73 Å². The molecule has 4 nitrogen and oxygen atoms in total. The van der Waals surface area contributed by atoms with Gasteiger partial charge >= 0.3 is 64.9 Å². The number of rotatable bonds is 1. The van der Waals surface area contributed by atoms with Gasteiger partial charge in [0.1, 0.15) is 0 Å². The van der Waals surface area contributed by atoms with Crippen molar-refractivity contribution in [2.45, 2.75) is 28.7 Å². The van der Waals surface area contributed by atoms with Gasteiger partial charge in [0.25, 0.3) is 5.69 Å². The molecule has 24 heavy (non-hydrogen) atoms. The van der Waals surface area contributed by atoms with E-state index >= 15 is 0 Å². The van der Waals surface area contributed by atoms with Crippen molar-refractivity contribution >= 4 is 71.3 Å². The SMILES string of the molecule is C.C.Cc1ccc(N)cc1.Cc1ccc([N+](=O)[O-])cc1.[I][V]([I])[I].